The molecule has 0 amide bonds. The Hall–Kier alpha value is -1.30. The topological polar surface area (TPSA) is 67.8 Å². The molecule has 1 unspecified atom stereocenters. The summed E-state index contributed by atoms with van der Waals surface area (Å²) < 4.78 is 10.7. The predicted molar refractivity (Wildman–Crippen MR) is 67.5 cm³/mol. The summed E-state index contributed by atoms with van der Waals surface area (Å²) >= 11 is 5.85. The van der Waals surface area contributed by atoms with E-state index in [0.717, 1.165) is 0 Å². The van der Waals surface area contributed by atoms with Crippen molar-refractivity contribution in [1.82, 2.24) is 0 Å². The lowest BCUT2D eigenvalue weighted by Gasteiger charge is -2.23. The van der Waals surface area contributed by atoms with Gasteiger partial charge in [0.15, 0.2) is 0 Å². The van der Waals surface area contributed by atoms with Gasteiger partial charge >= 0.3 is 5.97 Å². The summed E-state index contributed by atoms with van der Waals surface area (Å²) in [6, 6.07) is 4.62. The van der Waals surface area contributed by atoms with Gasteiger partial charge in [0.25, 0.3) is 0 Å². The lowest BCUT2D eigenvalue weighted by molar-refractivity contribution is -0.0818. The second-order valence-corrected chi connectivity index (χ2v) is 4.38. The summed E-state index contributed by atoms with van der Waals surface area (Å²) in [7, 11) is 0. The Morgan fingerprint density at radius 3 is 3.00 bits per heavy atom. The Labute approximate surface area is 110 Å². The Morgan fingerprint density at radius 2 is 2.33 bits per heavy atom. The van der Waals surface area contributed by atoms with Gasteiger partial charge in [-0.05, 0) is 18.2 Å². The number of hydrogen-bond acceptors (Lipinski definition) is 4. The van der Waals surface area contributed by atoms with E-state index in [1.165, 1.54) is 6.07 Å². The van der Waals surface area contributed by atoms with E-state index in [9.17, 15) is 4.79 Å². The molecule has 1 aromatic carbocycles. The number of anilines is 1. The SMILES string of the molecule is O=C(O)c1ccc(Cl)cc1NCC1COCCO1. The van der Waals surface area contributed by atoms with Gasteiger partial charge in [-0.15, -0.1) is 0 Å². The van der Waals surface area contributed by atoms with Gasteiger partial charge in [-0.25, -0.2) is 4.79 Å². The van der Waals surface area contributed by atoms with Crippen LogP contribution in [0.1, 0.15) is 10.4 Å². The van der Waals surface area contributed by atoms with Crippen molar-refractivity contribution in [3.8, 4) is 0 Å². The molecule has 1 aliphatic rings. The maximum absolute atomic E-state index is 11.0. The van der Waals surface area contributed by atoms with Crippen LogP contribution >= 0.6 is 11.6 Å². The number of rotatable bonds is 4. The Kier molecular flexibility index (Phi) is 4.41. The van der Waals surface area contributed by atoms with Crippen LogP contribution < -0.4 is 5.32 Å². The third kappa shape index (κ3) is 3.35. The lowest BCUT2D eigenvalue weighted by atomic mass is 10.1. The number of benzene rings is 1. The van der Waals surface area contributed by atoms with Gasteiger partial charge in [0.1, 0.15) is 0 Å². The molecule has 0 saturated carbocycles. The zero-order valence-corrected chi connectivity index (χ0v) is 10.4. The molecule has 1 saturated heterocycles. The minimum atomic E-state index is -0.991. The highest BCUT2D eigenvalue weighted by molar-refractivity contribution is 6.31. The first kappa shape index (κ1) is 13.1. The lowest BCUT2D eigenvalue weighted by Crippen LogP contribution is -2.34. The summed E-state index contributed by atoms with van der Waals surface area (Å²) in [5.41, 5.74) is 0.681. The van der Waals surface area contributed by atoms with Crippen molar-refractivity contribution in [1.29, 1.82) is 0 Å². The van der Waals surface area contributed by atoms with E-state index < -0.39 is 5.97 Å². The fraction of sp³-hybridized carbons (Fsp3) is 0.417. The average molecular weight is 272 g/mol. The number of hydrogen-bond donors (Lipinski definition) is 2. The van der Waals surface area contributed by atoms with Gasteiger partial charge in [0.2, 0.25) is 0 Å². The molecule has 1 aliphatic heterocycles. The van der Waals surface area contributed by atoms with E-state index in [2.05, 4.69) is 5.32 Å². The molecular formula is C12H14ClNO4. The summed E-state index contributed by atoms with van der Waals surface area (Å²) in [6.45, 7) is 2.16. The maximum Gasteiger partial charge on any atom is 0.337 e. The van der Waals surface area contributed by atoms with E-state index in [0.29, 0.717) is 37.1 Å². The molecule has 1 atom stereocenters. The molecule has 0 aromatic heterocycles. The molecule has 18 heavy (non-hydrogen) atoms. The van der Waals surface area contributed by atoms with Crippen molar-refractivity contribution in [2.45, 2.75) is 6.10 Å². The molecule has 2 N–H and O–H groups in total. The molecule has 0 radical (unpaired) electrons. The molecule has 1 heterocycles. The molecule has 1 fully saturated rings. The van der Waals surface area contributed by atoms with Crippen molar-refractivity contribution in [2.75, 3.05) is 31.7 Å². The predicted octanol–water partition coefficient (Wildman–Crippen LogP) is 1.87. The zero-order chi connectivity index (χ0) is 13.0. The van der Waals surface area contributed by atoms with Crippen LogP contribution in [0, 0.1) is 0 Å². The van der Waals surface area contributed by atoms with Gasteiger partial charge in [-0.2, -0.15) is 0 Å². The number of carboxylic acids is 1. The highest BCUT2D eigenvalue weighted by Crippen LogP contribution is 2.21. The van der Waals surface area contributed by atoms with Crippen molar-refractivity contribution >= 4 is 23.3 Å². The Morgan fingerprint density at radius 1 is 1.50 bits per heavy atom. The molecule has 6 heteroatoms. The van der Waals surface area contributed by atoms with Crippen LogP contribution in [0.3, 0.4) is 0 Å². The second kappa shape index (κ2) is 6.04. The molecule has 1 aromatic rings. The van der Waals surface area contributed by atoms with E-state index in [4.69, 9.17) is 26.2 Å². The fourth-order valence-electron chi connectivity index (χ4n) is 1.73. The van der Waals surface area contributed by atoms with Crippen molar-refractivity contribution in [3.05, 3.63) is 28.8 Å². The van der Waals surface area contributed by atoms with Crippen molar-refractivity contribution < 1.29 is 19.4 Å². The minimum Gasteiger partial charge on any atom is -0.478 e. The van der Waals surface area contributed by atoms with Crippen molar-refractivity contribution in [3.63, 3.8) is 0 Å². The van der Waals surface area contributed by atoms with Gasteiger partial charge < -0.3 is 19.9 Å². The molecule has 0 spiro atoms. The molecule has 0 aliphatic carbocycles. The van der Waals surface area contributed by atoms with Crippen LogP contribution in [0.4, 0.5) is 5.69 Å². The van der Waals surface area contributed by atoms with Gasteiger partial charge in [0, 0.05) is 11.6 Å². The first-order chi connectivity index (χ1) is 8.66. The number of carboxylic acid groups (broad SMARTS) is 1. The molecular weight excluding hydrogens is 258 g/mol. The maximum atomic E-state index is 11.0. The average Bonchev–Trinajstić information content (AvgIpc) is 2.37. The van der Waals surface area contributed by atoms with E-state index in [1.807, 2.05) is 0 Å². The van der Waals surface area contributed by atoms with Gasteiger partial charge in [0.05, 0.1) is 37.2 Å². The van der Waals surface area contributed by atoms with Crippen LogP contribution in [0.2, 0.25) is 5.02 Å². The Bertz CT molecular complexity index is 432. The number of halogens is 1. The highest BCUT2D eigenvalue weighted by atomic mass is 35.5. The second-order valence-electron chi connectivity index (χ2n) is 3.94. The summed E-state index contributed by atoms with van der Waals surface area (Å²) in [6.07, 6.45) is -0.0700. The van der Waals surface area contributed by atoms with Crippen LogP contribution in [-0.2, 0) is 9.47 Å². The first-order valence-electron chi connectivity index (χ1n) is 5.63. The van der Waals surface area contributed by atoms with Crippen molar-refractivity contribution in [2.24, 2.45) is 0 Å². The normalized spacial score (nSPS) is 19.5. The summed E-state index contributed by atoms with van der Waals surface area (Å²) in [5.74, 6) is -0.991. The minimum absolute atomic E-state index is 0.0700. The fourth-order valence-corrected chi connectivity index (χ4v) is 1.90. The number of ether oxygens (including phenoxy) is 2. The molecule has 98 valence electrons. The zero-order valence-electron chi connectivity index (χ0n) is 9.69. The smallest absolute Gasteiger partial charge is 0.337 e. The standard InChI is InChI=1S/C12H14ClNO4/c13-8-1-2-10(12(15)16)11(5-8)14-6-9-7-17-3-4-18-9/h1-2,5,9,14H,3-4,6-7H2,(H,15,16). The first-order valence-corrected chi connectivity index (χ1v) is 6.00. The van der Waals surface area contributed by atoms with Gasteiger partial charge in [-0.1, -0.05) is 11.6 Å². The highest BCUT2D eigenvalue weighted by Gasteiger charge is 2.16. The third-order valence-electron chi connectivity index (χ3n) is 2.62. The van der Waals surface area contributed by atoms with E-state index in [1.54, 1.807) is 12.1 Å². The molecule has 2 rings (SSSR count). The third-order valence-corrected chi connectivity index (χ3v) is 2.85. The van der Waals surface area contributed by atoms with E-state index >= 15 is 0 Å². The van der Waals surface area contributed by atoms with Gasteiger partial charge in [-0.3, -0.25) is 0 Å². The van der Waals surface area contributed by atoms with E-state index in [-0.39, 0.29) is 11.7 Å². The largest absolute Gasteiger partial charge is 0.478 e. The summed E-state index contributed by atoms with van der Waals surface area (Å²) in [5, 5.41) is 12.6. The van der Waals surface area contributed by atoms with Crippen LogP contribution in [0.5, 0.6) is 0 Å². The van der Waals surface area contributed by atoms with Crippen LogP contribution in [-0.4, -0.2) is 43.5 Å². The Balaban J connectivity index is 2.03. The number of nitrogens with one attached hydrogen (secondary N) is 1. The monoisotopic (exact) mass is 271 g/mol. The van der Waals surface area contributed by atoms with Crippen LogP contribution in [0.15, 0.2) is 18.2 Å². The number of aromatic carboxylic acids is 1. The van der Waals surface area contributed by atoms with Crippen LogP contribution in [0.25, 0.3) is 0 Å². The molecule has 5 nitrogen and oxygen atoms in total. The summed E-state index contributed by atoms with van der Waals surface area (Å²) in [4.78, 5) is 11.0. The number of carbonyl (C=O) groups is 1. The molecule has 0 bridgehead atoms. The quantitative estimate of drug-likeness (QED) is 0.875.